The molecule has 0 unspecified atom stereocenters. The van der Waals surface area contributed by atoms with Crippen molar-refractivity contribution in [1.82, 2.24) is 0 Å². The molecule has 0 bridgehead atoms. The summed E-state index contributed by atoms with van der Waals surface area (Å²) < 4.78 is 41.8. The molecule has 0 amide bonds. The van der Waals surface area contributed by atoms with E-state index >= 15 is 0 Å². The molecule has 0 aromatic carbocycles. The van der Waals surface area contributed by atoms with Gasteiger partial charge in [0.1, 0.15) is 0 Å². The zero-order valence-corrected chi connectivity index (χ0v) is 7.58. The Hall–Kier alpha value is -0.100. The summed E-state index contributed by atoms with van der Waals surface area (Å²) in [5.74, 6) is 0. The van der Waals surface area contributed by atoms with Gasteiger partial charge >= 0.3 is 0 Å². The van der Waals surface area contributed by atoms with Crippen LogP contribution in [0.1, 0.15) is 6.92 Å². The molecule has 0 aromatic heterocycles. The Morgan fingerprint density at radius 1 is 0.900 bits per heavy atom. The van der Waals surface area contributed by atoms with Crippen molar-refractivity contribution in [3.63, 3.8) is 0 Å². The number of sulfone groups is 2. The Bertz CT molecular complexity index is 264. The third-order valence-electron chi connectivity index (χ3n) is 1.04. The Balaban J connectivity index is 4.94. The van der Waals surface area contributed by atoms with E-state index in [1.165, 1.54) is 0 Å². The quantitative estimate of drug-likeness (QED) is 0.586. The van der Waals surface area contributed by atoms with Crippen LogP contribution in [0.15, 0.2) is 0 Å². The van der Waals surface area contributed by atoms with Gasteiger partial charge in [-0.25, -0.2) is 16.8 Å². The molecule has 10 heavy (non-hydrogen) atoms. The van der Waals surface area contributed by atoms with Gasteiger partial charge in [-0.3, -0.25) is 0 Å². The zero-order chi connectivity index (χ0) is 8.58. The molecule has 61 valence electrons. The van der Waals surface area contributed by atoms with E-state index in [9.17, 15) is 16.8 Å². The second kappa shape index (κ2) is 2.50. The predicted molar refractivity (Wildman–Crippen MR) is 38.6 cm³/mol. The predicted octanol–water partition coefficient (Wildman–Crippen LogP) is -0.415. The average molecular weight is 185 g/mol. The molecule has 0 atom stereocenters. The van der Waals surface area contributed by atoms with Crippen LogP contribution >= 0.6 is 0 Å². The fraction of sp³-hybridized carbons (Fsp3) is 0.750. The van der Waals surface area contributed by atoms with Gasteiger partial charge in [0.05, 0.1) is 0 Å². The first-order valence-corrected chi connectivity index (χ1v) is 6.17. The van der Waals surface area contributed by atoms with Gasteiger partial charge in [-0.2, -0.15) is 0 Å². The largest absolute Gasteiger partial charge is 0.227 e. The molecule has 0 saturated heterocycles. The van der Waals surface area contributed by atoms with Crippen LogP contribution in [0, 0.1) is 4.58 Å². The van der Waals surface area contributed by atoms with Crippen molar-refractivity contribution < 1.29 is 16.8 Å². The summed E-state index contributed by atoms with van der Waals surface area (Å²) in [4.78, 5) is 0. The maximum Gasteiger partial charge on any atom is 0.203 e. The van der Waals surface area contributed by atoms with E-state index in [1.54, 1.807) is 0 Å². The highest BCUT2D eigenvalue weighted by Crippen LogP contribution is 2.13. The summed E-state index contributed by atoms with van der Waals surface area (Å²) in [6, 6.07) is 0. The first-order valence-electron chi connectivity index (χ1n) is 2.39. The first-order chi connectivity index (χ1) is 4.15. The summed E-state index contributed by atoms with van der Waals surface area (Å²) in [5, 5.41) is 0. The van der Waals surface area contributed by atoms with Crippen LogP contribution in [0.2, 0.25) is 0 Å². The van der Waals surface area contributed by atoms with E-state index in [0.717, 1.165) is 19.4 Å². The summed E-state index contributed by atoms with van der Waals surface area (Å²) in [6.45, 7) is 1.07. The van der Waals surface area contributed by atoms with Gasteiger partial charge in [-0.15, -0.1) is 0 Å². The molecular formula is C4H9O4S2. The minimum atomic E-state index is -3.53. The summed E-state index contributed by atoms with van der Waals surface area (Å²) in [5.41, 5.74) is 0. The van der Waals surface area contributed by atoms with Crippen LogP contribution < -0.4 is 0 Å². The lowest BCUT2D eigenvalue weighted by molar-refractivity contribution is 0.594. The Morgan fingerprint density at radius 2 is 1.10 bits per heavy atom. The van der Waals surface area contributed by atoms with Crippen LogP contribution in [0.25, 0.3) is 0 Å². The maximum absolute atomic E-state index is 10.6. The standard InChI is InChI=1S/C4H9O4S2/c1-4(9(2,5)6)10(3,7)8/h1-3H3. The van der Waals surface area contributed by atoms with Crippen LogP contribution in [-0.2, 0) is 19.7 Å². The van der Waals surface area contributed by atoms with Crippen molar-refractivity contribution in [2.45, 2.75) is 6.92 Å². The van der Waals surface area contributed by atoms with Gasteiger partial charge in [0.25, 0.3) is 0 Å². The molecule has 0 N–H and O–H groups in total. The monoisotopic (exact) mass is 185 g/mol. The molecule has 0 rings (SSSR count). The average Bonchev–Trinajstić information content (AvgIpc) is 1.59. The molecule has 0 aromatic rings. The number of rotatable bonds is 2. The molecule has 0 aliphatic rings. The molecule has 0 saturated carbocycles. The van der Waals surface area contributed by atoms with Gasteiger partial charge in [0.15, 0.2) is 19.7 Å². The topological polar surface area (TPSA) is 68.3 Å². The Morgan fingerprint density at radius 3 is 1.10 bits per heavy atom. The highest BCUT2D eigenvalue weighted by Gasteiger charge is 2.26. The van der Waals surface area contributed by atoms with E-state index in [-0.39, 0.29) is 0 Å². The maximum atomic E-state index is 10.6. The van der Waals surface area contributed by atoms with E-state index in [0.29, 0.717) is 0 Å². The SMILES string of the molecule is C[C](S(C)(=O)=O)S(C)(=O)=O. The van der Waals surface area contributed by atoms with Gasteiger partial charge in [0.2, 0.25) is 4.58 Å². The highest BCUT2D eigenvalue weighted by molar-refractivity contribution is 8.12. The normalized spacial score (nSPS) is 14.0. The lowest BCUT2D eigenvalue weighted by atomic mass is 11.0. The molecule has 0 fully saturated rings. The van der Waals surface area contributed by atoms with Gasteiger partial charge in [-0.05, 0) is 6.92 Å². The van der Waals surface area contributed by atoms with Crippen molar-refractivity contribution in [2.24, 2.45) is 0 Å². The summed E-state index contributed by atoms with van der Waals surface area (Å²) >= 11 is 0. The molecular weight excluding hydrogens is 176 g/mol. The number of hydrogen-bond donors (Lipinski definition) is 0. The third kappa shape index (κ3) is 2.66. The van der Waals surface area contributed by atoms with E-state index in [4.69, 9.17) is 0 Å². The molecule has 0 aliphatic carbocycles. The van der Waals surface area contributed by atoms with Crippen LogP contribution in [0.5, 0.6) is 0 Å². The summed E-state index contributed by atoms with van der Waals surface area (Å²) in [6.07, 6.45) is 1.73. The second-order valence-corrected chi connectivity index (χ2v) is 6.61. The van der Waals surface area contributed by atoms with Crippen molar-refractivity contribution >= 4 is 19.7 Å². The van der Waals surface area contributed by atoms with Gasteiger partial charge in [-0.1, -0.05) is 0 Å². The van der Waals surface area contributed by atoms with Crippen molar-refractivity contribution in [1.29, 1.82) is 0 Å². The summed E-state index contributed by atoms with van der Waals surface area (Å²) in [7, 11) is -7.06. The van der Waals surface area contributed by atoms with Crippen LogP contribution in [0.3, 0.4) is 0 Å². The molecule has 0 heterocycles. The smallest absolute Gasteiger partial charge is 0.203 e. The van der Waals surface area contributed by atoms with E-state index in [1.807, 2.05) is 0 Å². The minimum absolute atomic E-state index is 0.486. The van der Waals surface area contributed by atoms with Crippen LogP contribution in [-0.4, -0.2) is 29.3 Å². The third-order valence-corrected chi connectivity index (χ3v) is 4.95. The minimum Gasteiger partial charge on any atom is -0.227 e. The van der Waals surface area contributed by atoms with Gasteiger partial charge < -0.3 is 0 Å². The molecule has 1 radical (unpaired) electrons. The lowest BCUT2D eigenvalue weighted by Crippen LogP contribution is -2.16. The molecule has 6 heteroatoms. The van der Waals surface area contributed by atoms with Crippen molar-refractivity contribution in [2.75, 3.05) is 12.5 Å². The van der Waals surface area contributed by atoms with E-state index < -0.39 is 24.3 Å². The Kier molecular flexibility index (Phi) is 2.48. The lowest BCUT2D eigenvalue weighted by Gasteiger charge is -2.03. The van der Waals surface area contributed by atoms with E-state index in [2.05, 4.69) is 0 Å². The molecule has 4 nitrogen and oxygen atoms in total. The van der Waals surface area contributed by atoms with Crippen molar-refractivity contribution in [3.05, 3.63) is 4.58 Å². The zero-order valence-electron chi connectivity index (χ0n) is 5.95. The number of hydrogen-bond acceptors (Lipinski definition) is 4. The van der Waals surface area contributed by atoms with Gasteiger partial charge in [0, 0.05) is 12.5 Å². The highest BCUT2D eigenvalue weighted by atomic mass is 32.3. The second-order valence-electron chi connectivity index (χ2n) is 2.04. The fourth-order valence-electron chi connectivity index (χ4n) is 0.275. The van der Waals surface area contributed by atoms with Crippen molar-refractivity contribution in [3.8, 4) is 0 Å². The molecule has 0 spiro atoms. The van der Waals surface area contributed by atoms with Crippen LogP contribution in [0.4, 0.5) is 0 Å². The molecule has 0 aliphatic heterocycles. The first kappa shape index (κ1) is 9.90. The fourth-order valence-corrected chi connectivity index (χ4v) is 2.47. The Labute approximate surface area is 61.1 Å².